The number of aryl methyl sites for hydroxylation is 1. The van der Waals surface area contributed by atoms with Crippen molar-refractivity contribution < 1.29 is 14.1 Å². The van der Waals surface area contributed by atoms with E-state index in [1.54, 1.807) is 0 Å². The van der Waals surface area contributed by atoms with Gasteiger partial charge in [-0.1, -0.05) is 25.9 Å². The molecule has 1 aromatic rings. The number of carbonyl (C=O) groups excluding carboxylic acids is 1. The lowest BCUT2D eigenvalue weighted by molar-refractivity contribution is -0.140. The van der Waals surface area contributed by atoms with E-state index in [2.05, 4.69) is 30.7 Å². The molecule has 0 aromatic carbocycles. The fourth-order valence-electron chi connectivity index (χ4n) is 3.17. The molecule has 0 radical (unpaired) electrons. The summed E-state index contributed by atoms with van der Waals surface area (Å²) in [6.07, 6.45) is 5.48. The predicted octanol–water partition coefficient (Wildman–Crippen LogP) is 4.20. The minimum Gasteiger partial charge on any atom is -0.469 e. The van der Waals surface area contributed by atoms with Crippen molar-refractivity contribution >= 4 is 5.97 Å². The molecule has 1 heterocycles. The Morgan fingerprint density at radius 1 is 1.48 bits per heavy atom. The van der Waals surface area contributed by atoms with Crippen LogP contribution in [-0.2, 0) is 16.0 Å². The molecule has 0 spiro atoms. The van der Waals surface area contributed by atoms with Crippen LogP contribution in [0.15, 0.2) is 4.52 Å². The number of hydrogen-bond donors (Lipinski definition) is 0. The molecule has 118 valence electrons. The molecule has 1 atom stereocenters. The van der Waals surface area contributed by atoms with Crippen molar-refractivity contribution in [2.24, 2.45) is 5.92 Å². The lowest BCUT2D eigenvalue weighted by Gasteiger charge is -2.32. The molecule has 1 fully saturated rings. The number of aromatic nitrogens is 1. The molecule has 0 aliphatic heterocycles. The first-order chi connectivity index (χ1) is 10.1. The minimum absolute atomic E-state index is 0.160. The average molecular weight is 293 g/mol. The zero-order valence-corrected chi connectivity index (χ0v) is 13.6. The summed E-state index contributed by atoms with van der Waals surface area (Å²) >= 11 is 0. The third-order valence-electron chi connectivity index (χ3n) is 4.71. The van der Waals surface area contributed by atoms with Gasteiger partial charge in [0.1, 0.15) is 5.76 Å². The summed E-state index contributed by atoms with van der Waals surface area (Å²) in [4.78, 5) is 11.2. The van der Waals surface area contributed by atoms with Gasteiger partial charge in [-0.05, 0) is 37.5 Å². The fourth-order valence-corrected chi connectivity index (χ4v) is 3.17. The molecule has 1 aliphatic rings. The van der Waals surface area contributed by atoms with Crippen LogP contribution in [0.5, 0.6) is 0 Å². The van der Waals surface area contributed by atoms with Crippen LogP contribution in [-0.4, -0.2) is 18.2 Å². The molecular formula is C17H27NO3. The molecule has 0 amide bonds. The molecule has 0 N–H and O–H groups in total. The van der Waals surface area contributed by atoms with Crippen molar-refractivity contribution in [3.63, 3.8) is 0 Å². The fraction of sp³-hybridized carbons (Fsp3) is 0.765. The van der Waals surface area contributed by atoms with Crippen molar-refractivity contribution in [2.75, 3.05) is 7.11 Å². The molecule has 0 bridgehead atoms. The predicted molar refractivity (Wildman–Crippen MR) is 81.3 cm³/mol. The highest BCUT2D eigenvalue weighted by Crippen LogP contribution is 2.44. The number of hydrogen-bond acceptors (Lipinski definition) is 4. The quantitative estimate of drug-likeness (QED) is 0.707. The maximum absolute atomic E-state index is 11.2. The van der Waals surface area contributed by atoms with Gasteiger partial charge in [0.15, 0.2) is 0 Å². The number of carbonyl (C=O) groups is 1. The van der Waals surface area contributed by atoms with E-state index in [0.29, 0.717) is 18.3 Å². The van der Waals surface area contributed by atoms with E-state index in [-0.39, 0.29) is 5.97 Å². The van der Waals surface area contributed by atoms with Gasteiger partial charge in [-0.25, -0.2) is 0 Å². The maximum atomic E-state index is 11.2. The van der Waals surface area contributed by atoms with E-state index < -0.39 is 0 Å². The molecule has 0 saturated heterocycles. The van der Waals surface area contributed by atoms with E-state index in [0.717, 1.165) is 30.9 Å². The number of ether oxygens (including phenoxy) is 1. The summed E-state index contributed by atoms with van der Waals surface area (Å²) < 4.78 is 10.3. The first-order valence-corrected chi connectivity index (χ1v) is 8.11. The summed E-state index contributed by atoms with van der Waals surface area (Å²) in [5.74, 6) is 2.66. The Hall–Kier alpha value is -1.32. The Balaban J connectivity index is 2.07. The van der Waals surface area contributed by atoms with Gasteiger partial charge in [0.2, 0.25) is 0 Å². The normalized spacial score (nSPS) is 22.7. The lowest BCUT2D eigenvalue weighted by atomic mass is 9.72. The topological polar surface area (TPSA) is 52.3 Å². The molecule has 1 saturated carbocycles. The third kappa shape index (κ3) is 3.66. The van der Waals surface area contributed by atoms with Gasteiger partial charge in [-0.2, -0.15) is 0 Å². The van der Waals surface area contributed by atoms with Gasteiger partial charge in [-0.3, -0.25) is 4.79 Å². The van der Waals surface area contributed by atoms with E-state index in [1.165, 1.54) is 31.2 Å². The maximum Gasteiger partial charge on any atom is 0.305 e. The molecule has 4 nitrogen and oxygen atoms in total. The smallest absolute Gasteiger partial charge is 0.305 e. The van der Waals surface area contributed by atoms with E-state index in [9.17, 15) is 4.79 Å². The first kappa shape index (κ1) is 16.1. The van der Waals surface area contributed by atoms with Crippen molar-refractivity contribution in [1.29, 1.82) is 0 Å². The Kier molecular flexibility index (Phi) is 5.43. The molecule has 1 unspecified atom stereocenters. The second-order valence-electron chi connectivity index (χ2n) is 6.42. The van der Waals surface area contributed by atoms with Crippen LogP contribution in [0.1, 0.15) is 81.7 Å². The van der Waals surface area contributed by atoms with E-state index >= 15 is 0 Å². The van der Waals surface area contributed by atoms with Crippen LogP contribution in [0, 0.1) is 5.92 Å². The van der Waals surface area contributed by atoms with Crippen LogP contribution in [0.2, 0.25) is 0 Å². The van der Waals surface area contributed by atoms with Crippen LogP contribution in [0.3, 0.4) is 0 Å². The Morgan fingerprint density at radius 3 is 2.76 bits per heavy atom. The number of esters is 1. The van der Waals surface area contributed by atoms with Crippen molar-refractivity contribution in [1.82, 2.24) is 5.16 Å². The molecule has 4 heteroatoms. The summed E-state index contributed by atoms with van der Waals surface area (Å²) in [6.45, 7) is 6.72. The van der Waals surface area contributed by atoms with Gasteiger partial charge in [0.25, 0.3) is 0 Å². The van der Waals surface area contributed by atoms with Crippen LogP contribution in [0.4, 0.5) is 0 Å². The largest absolute Gasteiger partial charge is 0.469 e. The Labute approximate surface area is 127 Å². The average Bonchev–Trinajstić information content (AvgIpc) is 2.86. The van der Waals surface area contributed by atoms with E-state index in [4.69, 9.17) is 4.52 Å². The van der Waals surface area contributed by atoms with Crippen molar-refractivity contribution in [3.8, 4) is 0 Å². The van der Waals surface area contributed by atoms with E-state index in [1.807, 2.05) is 0 Å². The SMILES string of the molecule is CCC(C)c1c(C2CC(C)C2)noc1CCCC(=O)OC. The second kappa shape index (κ2) is 7.10. The number of nitrogens with zero attached hydrogens (tertiary/aromatic N) is 1. The zero-order chi connectivity index (χ0) is 15.4. The molecular weight excluding hydrogens is 266 g/mol. The highest BCUT2D eigenvalue weighted by molar-refractivity contribution is 5.69. The highest BCUT2D eigenvalue weighted by Gasteiger charge is 2.33. The monoisotopic (exact) mass is 293 g/mol. The van der Waals surface area contributed by atoms with Crippen LogP contribution in [0.25, 0.3) is 0 Å². The van der Waals surface area contributed by atoms with Gasteiger partial charge in [0, 0.05) is 24.3 Å². The minimum atomic E-state index is -0.160. The summed E-state index contributed by atoms with van der Waals surface area (Å²) in [6, 6.07) is 0. The second-order valence-corrected chi connectivity index (χ2v) is 6.42. The third-order valence-corrected chi connectivity index (χ3v) is 4.71. The van der Waals surface area contributed by atoms with Gasteiger partial charge < -0.3 is 9.26 Å². The Bertz CT molecular complexity index is 474. The number of methoxy groups -OCH3 is 1. The van der Waals surface area contributed by atoms with Crippen LogP contribution >= 0.6 is 0 Å². The molecule has 1 aromatic heterocycles. The molecule has 1 aliphatic carbocycles. The standard InChI is InChI=1S/C17H27NO3/c1-5-12(3)16-14(7-6-8-15(19)20-4)21-18-17(16)13-9-11(2)10-13/h11-13H,5-10H2,1-4H3. The summed E-state index contributed by atoms with van der Waals surface area (Å²) in [5, 5.41) is 4.37. The lowest BCUT2D eigenvalue weighted by Crippen LogP contribution is -2.20. The number of rotatable bonds is 7. The summed E-state index contributed by atoms with van der Waals surface area (Å²) in [5.41, 5.74) is 2.48. The van der Waals surface area contributed by atoms with Gasteiger partial charge >= 0.3 is 5.97 Å². The zero-order valence-electron chi connectivity index (χ0n) is 13.6. The van der Waals surface area contributed by atoms with Gasteiger partial charge in [0.05, 0.1) is 12.8 Å². The Morgan fingerprint density at radius 2 is 2.19 bits per heavy atom. The molecule has 21 heavy (non-hydrogen) atoms. The van der Waals surface area contributed by atoms with Crippen LogP contribution < -0.4 is 0 Å². The first-order valence-electron chi connectivity index (χ1n) is 8.11. The summed E-state index contributed by atoms with van der Waals surface area (Å²) in [7, 11) is 1.43. The van der Waals surface area contributed by atoms with Gasteiger partial charge in [-0.15, -0.1) is 0 Å². The molecule has 2 rings (SSSR count). The van der Waals surface area contributed by atoms with Crippen molar-refractivity contribution in [2.45, 2.75) is 71.1 Å². The highest BCUT2D eigenvalue weighted by atomic mass is 16.5. The van der Waals surface area contributed by atoms with Crippen molar-refractivity contribution in [3.05, 3.63) is 17.0 Å².